The van der Waals surface area contributed by atoms with Crippen molar-refractivity contribution in [3.8, 4) is 0 Å². The van der Waals surface area contributed by atoms with E-state index in [0.717, 1.165) is 5.56 Å². The minimum Gasteiger partial charge on any atom is -0.481 e. The number of nitrogens with one attached hydrogen (secondary N) is 2. The number of carbonyl (C=O) groups is 4. The van der Waals surface area contributed by atoms with E-state index in [1.54, 1.807) is 24.3 Å². The number of amides is 3. The standard InChI is InChI=1S/C25H34ClF3N4O6/c1-15(30)21(36)31-19(13-39-2)22(37)32-24(11-16-4-6-18(26)7-5-16)8-3-9-33(14-24)23(38)17(10-20(34)35)12-25(27,28)29/h4-7,15,17,19H,3,8-14,30H2,1-2H3,(H,31,36)(H,32,37)(H,34,35)/t15-,17-,19-,24+/m0/s1. The van der Waals surface area contributed by atoms with E-state index in [2.05, 4.69) is 10.6 Å². The smallest absolute Gasteiger partial charge is 0.389 e. The Hall–Kier alpha value is -2.90. The topological polar surface area (TPSA) is 151 Å². The largest absolute Gasteiger partial charge is 0.481 e. The molecular weight excluding hydrogens is 545 g/mol. The monoisotopic (exact) mass is 578 g/mol. The number of likely N-dealkylation sites (tertiary alicyclic amines) is 1. The molecule has 1 fully saturated rings. The van der Waals surface area contributed by atoms with E-state index in [-0.39, 0.29) is 26.1 Å². The number of halogens is 4. The Bertz CT molecular complexity index is 1020. The summed E-state index contributed by atoms with van der Waals surface area (Å²) in [4.78, 5) is 51.1. The van der Waals surface area contributed by atoms with Crippen LogP contribution in [0.15, 0.2) is 24.3 Å². The molecule has 10 nitrogen and oxygen atoms in total. The number of benzene rings is 1. The van der Waals surface area contributed by atoms with E-state index >= 15 is 0 Å². The molecule has 0 radical (unpaired) electrons. The van der Waals surface area contributed by atoms with Crippen molar-refractivity contribution < 1.29 is 42.2 Å². The van der Waals surface area contributed by atoms with Crippen LogP contribution in [0.3, 0.4) is 0 Å². The van der Waals surface area contributed by atoms with Gasteiger partial charge in [0.05, 0.1) is 36.9 Å². The highest BCUT2D eigenvalue weighted by atomic mass is 35.5. The van der Waals surface area contributed by atoms with Crippen LogP contribution in [0.25, 0.3) is 0 Å². The fourth-order valence-electron chi connectivity index (χ4n) is 4.60. The molecule has 39 heavy (non-hydrogen) atoms. The average Bonchev–Trinajstić information content (AvgIpc) is 2.83. The number of aliphatic carboxylic acids is 1. The lowest BCUT2D eigenvalue weighted by atomic mass is 9.82. The number of methoxy groups -OCH3 is 1. The number of nitrogens with two attached hydrogens (primary N) is 1. The summed E-state index contributed by atoms with van der Waals surface area (Å²) in [6.07, 6.45) is -6.44. The number of rotatable bonds is 12. The lowest BCUT2D eigenvalue weighted by Gasteiger charge is -2.45. The lowest BCUT2D eigenvalue weighted by molar-refractivity contribution is -0.164. The Morgan fingerprint density at radius 2 is 1.85 bits per heavy atom. The highest BCUT2D eigenvalue weighted by Crippen LogP contribution is 2.32. The maximum atomic E-state index is 13.4. The Kier molecular flexibility index (Phi) is 11.6. The first-order valence-electron chi connectivity index (χ1n) is 12.3. The fourth-order valence-corrected chi connectivity index (χ4v) is 4.73. The van der Waals surface area contributed by atoms with Crippen LogP contribution >= 0.6 is 11.6 Å². The third-order valence-electron chi connectivity index (χ3n) is 6.36. The molecule has 2 rings (SSSR count). The Morgan fingerprint density at radius 3 is 2.38 bits per heavy atom. The van der Waals surface area contributed by atoms with Crippen LogP contribution in [0.5, 0.6) is 0 Å². The third-order valence-corrected chi connectivity index (χ3v) is 6.61. The van der Waals surface area contributed by atoms with Gasteiger partial charge in [0.1, 0.15) is 6.04 Å². The third kappa shape index (κ3) is 10.3. The lowest BCUT2D eigenvalue weighted by Crippen LogP contribution is -2.65. The van der Waals surface area contributed by atoms with Gasteiger partial charge in [-0.05, 0) is 43.9 Å². The van der Waals surface area contributed by atoms with E-state index in [4.69, 9.17) is 27.2 Å². The number of carbonyl (C=O) groups excluding carboxylic acids is 3. The molecule has 1 aliphatic rings. The first-order valence-corrected chi connectivity index (χ1v) is 12.7. The SMILES string of the molecule is COC[C@H](NC(=O)[C@H](C)N)C(=O)N[C@@]1(Cc2ccc(Cl)cc2)CCCN(C(=O)[C@@H](CC(=O)O)CC(F)(F)F)C1. The number of carboxylic acids is 1. The van der Waals surface area contributed by atoms with Crippen molar-refractivity contribution in [3.63, 3.8) is 0 Å². The van der Waals surface area contributed by atoms with Crippen LogP contribution in [-0.2, 0) is 30.3 Å². The second kappa shape index (κ2) is 13.9. The summed E-state index contributed by atoms with van der Waals surface area (Å²) in [6.45, 7) is 1.18. The van der Waals surface area contributed by atoms with Gasteiger partial charge < -0.3 is 31.1 Å². The molecule has 1 heterocycles. The van der Waals surface area contributed by atoms with Crippen molar-refractivity contribution in [3.05, 3.63) is 34.9 Å². The minimum atomic E-state index is -4.74. The molecule has 14 heteroatoms. The zero-order valence-corrected chi connectivity index (χ0v) is 22.5. The molecular formula is C25H34ClF3N4O6. The van der Waals surface area contributed by atoms with Gasteiger partial charge in [0, 0.05) is 25.2 Å². The predicted octanol–water partition coefficient (Wildman–Crippen LogP) is 1.88. The number of hydrogen-bond acceptors (Lipinski definition) is 6. The molecule has 1 saturated heterocycles. The van der Waals surface area contributed by atoms with Crippen LogP contribution < -0.4 is 16.4 Å². The van der Waals surface area contributed by atoms with Gasteiger partial charge in [-0.25, -0.2) is 0 Å². The normalized spacial score (nSPS) is 20.0. The highest BCUT2D eigenvalue weighted by molar-refractivity contribution is 6.30. The number of hydrogen-bond donors (Lipinski definition) is 4. The zero-order valence-electron chi connectivity index (χ0n) is 21.7. The van der Waals surface area contributed by atoms with E-state index in [1.807, 2.05) is 0 Å². The molecule has 0 bridgehead atoms. The second-order valence-corrected chi connectivity index (χ2v) is 10.3. The Balaban J connectivity index is 2.38. The summed E-state index contributed by atoms with van der Waals surface area (Å²) in [7, 11) is 1.34. The van der Waals surface area contributed by atoms with Gasteiger partial charge in [-0.1, -0.05) is 23.7 Å². The number of alkyl halides is 3. The molecule has 4 atom stereocenters. The van der Waals surface area contributed by atoms with Gasteiger partial charge in [-0.2, -0.15) is 13.2 Å². The molecule has 1 aromatic carbocycles. The van der Waals surface area contributed by atoms with Crippen LogP contribution in [0, 0.1) is 5.92 Å². The van der Waals surface area contributed by atoms with Crippen molar-refractivity contribution in [2.45, 2.75) is 62.8 Å². The predicted molar refractivity (Wildman–Crippen MR) is 136 cm³/mol. The molecule has 5 N–H and O–H groups in total. The van der Waals surface area contributed by atoms with Crippen LogP contribution in [0.2, 0.25) is 5.02 Å². The van der Waals surface area contributed by atoms with Crippen LogP contribution in [-0.4, -0.2) is 84.3 Å². The van der Waals surface area contributed by atoms with Crippen molar-refractivity contribution in [1.29, 1.82) is 0 Å². The summed E-state index contributed by atoms with van der Waals surface area (Å²) >= 11 is 5.99. The number of piperidine rings is 1. The van der Waals surface area contributed by atoms with E-state index in [1.165, 1.54) is 18.9 Å². The number of nitrogens with zero attached hydrogens (tertiary/aromatic N) is 1. The minimum absolute atomic E-state index is 0.0912. The molecule has 0 unspecified atom stereocenters. The van der Waals surface area contributed by atoms with Crippen molar-refractivity contribution in [2.75, 3.05) is 26.8 Å². The molecule has 0 saturated carbocycles. The van der Waals surface area contributed by atoms with Crippen LogP contribution in [0.4, 0.5) is 13.2 Å². The van der Waals surface area contributed by atoms with Crippen LogP contribution in [0.1, 0.15) is 38.2 Å². The summed E-state index contributed by atoms with van der Waals surface area (Å²) in [5.74, 6) is -5.52. The molecule has 1 aliphatic heterocycles. The van der Waals surface area contributed by atoms with Crippen molar-refractivity contribution >= 4 is 35.3 Å². The Labute approximate surface area is 229 Å². The summed E-state index contributed by atoms with van der Waals surface area (Å²) < 4.78 is 44.6. The molecule has 0 spiro atoms. The second-order valence-electron chi connectivity index (χ2n) is 9.86. The number of ether oxygens (including phenoxy) is 1. The average molecular weight is 579 g/mol. The van der Waals surface area contributed by atoms with Gasteiger partial charge in [0.2, 0.25) is 17.7 Å². The van der Waals surface area contributed by atoms with Gasteiger partial charge in [0.25, 0.3) is 0 Å². The summed E-state index contributed by atoms with van der Waals surface area (Å²) in [6, 6.07) is 4.69. The first kappa shape index (κ1) is 32.3. The van der Waals surface area contributed by atoms with E-state index in [9.17, 15) is 32.3 Å². The Morgan fingerprint density at radius 1 is 1.21 bits per heavy atom. The highest BCUT2D eigenvalue weighted by Gasteiger charge is 2.44. The van der Waals surface area contributed by atoms with Gasteiger partial charge in [-0.15, -0.1) is 0 Å². The molecule has 0 aliphatic carbocycles. The number of carboxylic acid groups (broad SMARTS) is 1. The quantitative estimate of drug-likeness (QED) is 0.296. The zero-order chi connectivity index (χ0) is 29.4. The van der Waals surface area contributed by atoms with Crippen molar-refractivity contribution in [1.82, 2.24) is 15.5 Å². The van der Waals surface area contributed by atoms with E-state index < -0.39 is 66.2 Å². The molecule has 1 aromatic rings. The molecule has 218 valence electrons. The van der Waals surface area contributed by atoms with Gasteiger partial charge in [-0.3, -0.25) is 19.2 Å². The molecule has 0 aromatic heterocycles. The maximum Gasteiger partial charge on any atom is 0.389 e. The molecule has 3 amide bonds. The van der Waals surface area contributed by atoms with E-state index in [0.29, 0.717) is 17.9 Å². The fraction of sp³-hybridized carbons (Fsp3) is 0.600. The maximum absolute atomic E-state index is 13.4. The van der Waals surface area contributed by atoms with Crippen molar-refractivity contribution in [2.24, 2.45) is 11.7 Å². The van der Waals surface area contributed by atoms with Gasteiger partial charge >= 0.3 is 12.1 Å². The summed E-state index contributed by atoms with van der Waals surface area (Å²) in [5.41, 5.74) is 5.19. The first-order chi connectivity index (χ1) is 18.1. The van der Waals surface area contributed by atoms with Gasteiger partial charge in [0.15, 0.2) is 0 Å². The summed E-state index contributed by atoms with van der Waals surface area (Å²) in [5, 5.41) is 15.0.